The van der Waals surface area contributed by atoms with Crippen LogP contribution in [-0.2, 0) is 9.84 Å². The summed E-state index contributed by atoms with van der Waals surface area (Å²) in [6.45, 7) is 0. The van der Waals surface area contributed by atoms with Crippen molar-refractivity contribution in [3.63, 3.8) is 0 Å². The highest BCUT2D eigenvalue weighted by atomic mass is 79.9. The van der Waals surface area contributed by atoms with Crippen LogP contribution in [0.5, 0.6) is 0 Å². The number of nitrogens with zero attached hydrogens (tertiary/aromatic N) is 1. The first-order valence-electron chi connectivity index (χ1n) is 8.09. The second-order valence-electron chi connectivity index (χ2n) is 6.18. The molecular formula is C20H15BrN2O2S2. The molecule has 0 aliphatic heterocycles. The Hall–Kier alpha value is -2.22. The molecule has 0 saturated carbocycles. The molecule has 0 atom stereocenters. The van der Waals surface area contributed by atoms with Gasteiger partial charge in [0.2, 0.25) is 0 Å². The number of halogens is 1. The Kier molecular flexibility index (Phi) is 4.53. The second kappa shape index (κ2) is 6.74. The van der Waals surface area contributed by atoms with Gasteiger partial charge in [0.25, 0.3) is 0 Å². The zero-order valence-corrected chi connectivity index (χ0v) is 17.5. The molecule has 0 amide bonds. The van der Waals surface area contributed by atoms with Gasteiger partial charge in [-0.25, -0.2) is 13.4 Å². The predicted octanol–water partition coefficient (Wildman–Crippen LogP) is 5.38. The molecule has 0 unspecified atom stereocenters. The molecule has 0 fully saturated rings. The maximum absolute atomic E-state index is 12.2. The van der Waals surface area contributed by atoms with E-state index < -0.39 is 9.84 Å². The molecule has 4 aromatic rings. The monoisotopic (exact) mass is 458 g/mol. The van der Waals surface area contributed by atoms with Crippen molar-refractivity contribution < 1.29 is 8.42 Å². The predicted molar refractivity (Wildman–Crippen MR) is 116 cm³/mol. The summed E-state index contributed by atoms with van der Waals surface area (Å²) >= 11 is 4.56. The van der Waals surface area contributed by atoms with Gasteiger partial charge in [-0.15, -0.1) is 11.3 Å². The number of fused-ring (bicyclic) bond motifs is 1. The lowest BCUT2D eigenvalue weighted by molar-refractivity contribution is 0.604. The topological polar surface area (TPSA) is 73.0 Å². The molecule has 0 aliphatic rings. The average Bonchev–Trinajstić information content (AvgIpc) is 2.99. The van der Waals surface area contributed by atoms with Crippen LogP contribution in [0, 0.1) is 0 Å². The summed E-state index contributed by atoms with van der Waals surface area (Å²) in [4.78, 5) is 5.33. The second-order valence-corrected chi connectivity index (χ2v) is 10.3. The van der Waals surface area contributed by atoms with Crippen LogP contribution in [0.3, 0.4) is 0 Å². The minimum absolute atomic E-state index is 0.162. The van der Waals surface area contributed by atoms with E-state index in [2.05, 4.69) is 15.9 Å². The van der Waals surface area contributed by atoms with E-state index in [1.165, 1.54) is 6.26 Å². The molecule has 0 spiro atoms. The lowest BCUT2D eigenvalue weighted by Gasteiger charge is -2.09. The molecule has 4 nitrogen and oxygen atoms in total. The number of benzene rings is 2. The molecule has 4 rings (SSSR count). The van der Waals surface area contributed by atoms with Gasteiger partial charge in [0.05, 0.1) is 11.4 Å². The minimum atomic E-state index is -3.43. The van der Waals surface area contributed by atoms with Crippen molar-refractivity contribution in [1.82, 2.24) is 4.98 Å². The summed E-state index contributed by atoms with van der Waals surface area (Å²) in [6.07, 6.45) is 1.17. The van der Waals surface area contributed by atoms with Crippen LogP contribution in [-0.4, -0.2) is 19.7 Å². The number of anilines is 1. The number of sulfone groups is 1. The van der Waals surface area contributed by atoms with Gasteiger partial charge in [-0.2, -0.15) is 0 Å². The molecule has 0 radical (unpaired) electrons. The van der Waals surface area contributed by atoms with Crippen LogP contribution < -0.4 is 5.73 Å². The van der Waals surface area contributed by atoms with Gasteiger partial charge in [-0.05, 0) is 29.3 Å². The zero-order chi connectivity index (χ0) is 19.2. The fourth-order valence-electron chi connectivity index (χ4n) is 2.99. The van der Waals surface area contributed by atoms with E-state index in [4.69, 9.17) is 10.7 Å². The molecule has 2 heterocycles. The van der Waals surface area contributed by atoms with Crippen LogP contribution in [0.25, 0.3) is 32.6 Å². The number of pyridine rings is 1. The van der Waals surface area contributed by atoms with Crippen molar-refractivity contribution >= 4 is 53.0 Å². The first-order chi connectivity index (χ1) is 12.8. The molecule has 7 heteroatoms. The number of thiophene rings is 1. The van der Waals surface area contributed by atoms with Crippen molar-refractivity contribution in [2.75, 3.05) is 12.0 Å². The summed E-state index contributed by atoms with van der Waals surface area (Å²) in [5, 5.41) is 0.687. The lowest BCUT2D eigenvalue weighted by atomic mass is 10.00. The molecular weight excluding hydrogens is 444 g/mol. The summed E-state index contributed by atoms with van der Waals surface area (Å²) in [6, 6.07) is 19.6. The Morgan fingerprint density at radius 1 is 1.00 bits per heavy atom. The van der Waals surface area contributed by atoms with Crippen LogP contribution >= 0.6 is 27.3 Å². The van der Waals surface area contributed by atoms with Crippen molar-refractivity contribution in [3.8, 4) is 22.4 Å². The number of rotatable bonds is 3. The molecule has 27 heavy (non-hydrogen) atoms. The summed E-state index contributed by atoms with van der Waals surface area (Å²) < 4.78 is 25.5. The van der Waals surface area contributed by atoms with Crippen molar-refractivity contribution in [3.05, 3.63) is 65.1 Å². The van der Waals surface area contributed by atoms with Crippen molar-refractivity contribution in [1.29, 1.82) is 0 Å². The Bertz CT molecular complexity index is 1250. The zero-order valence-electron chi connectivity index (χ0n) is 14.3. The van der Waals surface area contributed by atoms with Gasteiger partial charge in [0, 0.05) is 21.7 Å². The van der Waals surface area contributed by atoms with E-state index in [1.807, 2.05) is 60.7 Å². The molecule has 0 aliphatic carbocycles. The van der Waals surface area contributed by atoms with Gasteiger partial charge < -0.3 is 5.73 Å². The largest absolute Gasteiger partial charge is 0.396 e. The van der Waals surface area contributed by atoms with Gasteiger partial charge in [0.15, 0.2) is 9.84 Å². The van der Waals surface area contributed by atoms with E-state index in [0.29, 0.717) is 10.2 Å². The number of aromatic nitrogens is 1. The highest BCUT2D eigenvalue weighted by molar-refractivity contribution is 9.10. The summed E-state index contributed by atoms with van der Waals surface area (Å²) in [5.41, 5.74) is 10.1. The molecule has 2 aromatic carbocycles. The van der Waals surface area contributed by atoms with Crippen LogP contribution in [0.4, 0.5) is 5.69 Å². The summed E-state index contributed by atoms with van der Waals surface area (Å²) in [7, 11) is -3.43. The van der Waals surface area contributed by atoms with Crippen molar-refractivity contribution in [2.45, 2.75) is 4.21 Å². The first-order valence-corrected chi connectivity index (χ1v) is 11.6. The van der Waals surface area contributed by atoms with Gasteiger partial charge >= 0.3 is 0 Å². The highest BCUT2D eigenvalue weighted by Crippen LogP contribution is 2.43. The Morgan fingerprint density at radius 3 is 2.30 bits per heavy atom. The number of nitrogen functional groups attached to an aromatic ring is 1. The molecule has 0 bridgehead atoms. The third-order valence-electron chi connectivity index (χ3n) is 4.23. The standard InChI is InChI=1S/C20H15BrN2O2S2/c1-27(24,25)20-18(22)17-15(12-5-3-2-4-6-12)11-16(23-19(17)26-20)13-7-9-14(21)10-8-13/h2-11H,22H2,1H3. The van der Waals surface area contributed by atoms with E-state index in [0.717, 1.165) is 38.2 Å². The van der Waals surface area contributed by atoms with Gasteiger partial charge in [0.1, 0.15) is 9.04 Å². The van der Waals surface area contributed by atoms with E-state index in [1.54, 1.807) is 0 Å². The molecule has 0 saturated heterocycles. The van der Waals surface area contributed by atoms with Gasteiger partial charge in [-0.1, -0.05) is 58.4 Å². The minimum Gasteiger partial charge on any atom is -0.396 e. The third-order valence-corrected chi connectivity index (χ3v) is 7.70. The van der Waals surface area contributed by atoms with E-state index in [-0.39, 0.29) is 9.90 Å². The fraction of sp³-hybridized carbons (Fsp3) is 0.0500. The lowest BCUT2D eigenvalue weighted by Crippen LogP contribution is -1.98. The highest BCUT2D eigenvalue weighted by Gasteiger charge is 2.22. The van der Waals surface area contributed by atoms with Gasteiger partial charge in [-0.3, -0.25) is 0 Å². The normalized spacial score (nSPS) is 11.8. The quantitative estimate of drug-likeness (QED) is 0.447. The fourth-order valence-corrected chi connectivity index (χ4v) is 5.45. The SMILES string of the molecule is CS(=O)(=O)c1sc2nc(-c3ccc(Br)cc3)cc(-c3ccccc3)c2c1N. The maximum atomic E-state index is 12.2. The Balaban J connectivity index is 2.07. The first kappa shape index (κ1) is 18.2. The van der Waals surface area contributed by atoms with Crippen LogP contribution in [0.1, 0.15) is 0 Å². The Morgan fingerprint density at radius 2 is 1.67 bits per heavy atom. The number of hydrogen-bond acceptors (Lipinski definition) is 5. The van der Waals surface area contributed by atoms with Crippen LogP contribution in [0.15, 0.2) is 69.3 Å². The Labute approximate surface area is 169 Å². The molecule has 136 valence electrons. The smallest absolute Gasteiger partial charge is 0.187 e. The third kappa shape index (κ3) is 3.38. The number of nitrogens with two attached hydrogens (primary N) is 1. The average molecular weight is 459 g/mol. The van der Waals surface area contributed by atoms with E-state index in [9.17, 15) is 8.42 Å². The summed E-state index contributed by atoms with van der Waals surface area (Å²) in [5.74, 6) is 0. The van der Waals surface area contributed by atoms with Crippen molar-refractivity contribution in [2.24, 2.45) is 0 Å². The maximum Gasteiger partial charge on any atom is 0.187 e. The van der Waals surface area contributed by atoms with Crippen LogP contribution in [0.2, 0.25) is 0 Å². The molecule has 2 N–H and O–H groups in total. The number of hydrogen-bond donors (Lipinski definition) is 1. The van der Waals surface area contributed by atoms with E-state index >= 15 is 0 Å². The molecule has 2 aromatic heterocycles.